The zero-order chi connectivity index (χ0) is 11.7. The average molecular weight is 219 g/mol. The van der Waals surface area contributed by atoms with E-state index in [9.17, 15) is 4.79 Å². The highest BCUT2D eigenvalue weighted by molar-refractivity contribution is 5.95. The molecule has 0 aliphatic heterocycles. The maximum atomic E-state index is 11.7. The Hall–Kier alpha value is -1.51. The molecule has 2 rings (SSSR count). The molecule has 0 saturated heterocycles. The molecule has 1 aromatic carbocycles. The van der Waals surface area contributed by atoms with E-state index in [1.807, 2.05) is 26.0 Å². The minimum atomic E-state index is 0.133. The van der Waals surface area contributed by atoms with E-state index in [2.05, 4.69) is 5.32 Å². The van der Waals surface area contributed by atoms with E-state index >= 15 is 0 Å². The van der Waals surface area contributed by atoms with Gasteiger partial charge in [-0.05, 0) is 38.3 Å². The van der Waals surface area contributed by atoms with Crippen LogP contribution in [0.3, 0.4) is 0 Å². The SMILES string of the molecule is COc1c(C)ccc(NC(=O)C2CC2)c1C. The van der Waals surface area contributed by atoms with Crippen molar-refractivity contribution in [1.29, 1.82) is 0 Å². The Morgan fingerprint density at radius 1 is 1.38 bits per heavy atom. The van der Waals surface area contributed by atoms with Gasteiger partial charge in [0.05, 0.1) is 7.11 Å². The van der Waals surface area contributed by atoms with Crippen LogP contribution in [0.2, 0.25) is 0 Å². The highest BCUT2D eigenvalue weighted by Crippen LogP contribution is 2.33. The number of hydrogen-bond acceptors (Lipinski definition) is 2. The minimum absolute atomic E-state index is 0.133. The summed E-state index contributed by atoms with van der Waals surface area (Å²) < 4.78 is 5.32. The van der Waals surface area contributed by atoms with Gasteiger partial charge in [0.2, 0.25) is 5.91 Å². The van der Waals surface area contributed by atoms with Crippen LogP contribution < -0.4 is 10.1 Å². The first-order chi connectivity index (χ1) is 7.63. The van der Waals surface area contributed by atoms with Gasteiger partial charge in [0.1, 0.15) is 5.75 Å². The smallest absolute Gasteiger partial charge is 0.227 e. The molecule has 0 aromatic heterocycles. The molecule has 16 heavy (non-hydrogen) atoms. The molecule has 3 nitrogen and oxygen atoms in total. The molecule has 1 aliphatic carbocycles. The zero-order valence-corrected chi connectivity index (χ0v) is 9.96. The fourth-order valence-electron chi connectivity index (χ4n) is 1.86. The van der Waals surface area contributed by atoms with Gasteiger partial charge >= 0.3 is 0 Å². The lowest BCUT2D eigenvalue weighted by Gasteiger charge is -2.13. The molecule has 1 N–H and O–H groups in total. The van der Waals surface area contributed by atoms with E-state index in [-0.39, 0.29) is 11.8 Å². The molecule has 1 aliphatic rings. The summed E-state index contributed by atoms with van der Waals surface area (Å²) in [5.74, 6) is 1.22. The number of rotatable bonds is 3. The molecule has 0 unspecified atom stereocenters. The summed E-state index contributed by atoms with van der Waals surface area (Å²) in [7, 11) is 1.65. The number of carbonyl (C=O) groups is 1. The Kier molecular flexibility index (Phi) is 2.86. The number of amides is 1. The first-order valence-electron chi connectivity index (χ1n) is 5.58. The Morgan fingerprint density at radius 3 is 2.62 bits per heavy atom. The second kappa shape index (κ2) is 4.16. The van der Waals surface area contributed by atoms with Crippen molar-refractivity contribution in [2.75, 3.05) is 12.4 Å². The average Bonchev–Trinajstić information content (AvgIpc) is 3.06. The van der Waals surface area contributed by atoms with Crippen molar-refractivity contribution < 1.29 is 9.53 Å². The van der Waals surface area contributed by atoms with Gasteiger partial charge in [0, 0.05) is 17.2 Å². The van der Waals surface area contributed by atoms with Gasteiger partial charge in [-0.2, -0.15) is 0 Å². The highest BCUT2D eigenvalue weighted by atomic mass is 16.5. The number of carbonyl (C=O) groups excluding carboxylic acids is 1. The number of aryl methyl sites for hydroxylation is 1. The maximum absolute atomic E-state index is 11.7. The topological polar surface area (TPSA) is 38.3 Å². The van der Waals surface area contributed by atoms with Crippen LogP contribution in [0.25, 0.3) is 0 Å². The Balaban J connectivity index is 2.23. The lowest BCUT2D eigenvalue weighted by atomic mass is 10.1. The largest absolute Gasteiger partial charge is 0.496 e. The standard InChI is InChI=1S/C13H17NO2/c1-8-4-7-11(9(2)12(8)16-3)14-13(15)10-5-6-10/h4,7,10H,5-6H2,1-3H3,(H,14,15). The van der Waals surface area contributed by atoms with Gasteiger partial charge in [-0.25, -0.2) is 0 Å². The van der Waals surface area contributed by atoms with Crippen molar-refractivity contribution in [3.63, 3.8) is 0 Å². The molecule has 0 spiro atoms. The van der Waals surface area contributed by atoms with Gasteiger partial charge in [-0.15, -0.1) is 0 Å². The van der Waals surface area contributed by atoms with Crippen molar-refractivity contribution in [3.05, 3.63) is 23.3 Å². The minimum Gasteiger partial charge on any atom is -0.496 e. The summed E-state index contributed by atoms with van der Waals surface area (Å²) >= 11 is 0. The van der Waals surface area contributed by atoms with Crippen LogP contribution in [0.5, 0.6) is 5.75 Å². The van der Waals surface area contributed by atoms with Crippen LogP contribution in [-0.2, 0) is 4.79 Å². The molecule has 0 bridgehead atoms. The summed E-state index contributed by atoms with van der Waals surface area (Å²) in [6.07, 6.45) is 2.04. The monoisotopic (exact) mass is 219 g/mol. The van der Waals surface area contributed by atoms with E-state index in [0.717, 1.165) is 35.4 Å². The molecule has 1 fully saturated rings. The quantitative estimate of drug-likeness (QED) is 0.848. The number of methoxy groups -OCH3 is 1. The van der Waals surface area contributed by atoms with Crippen LogP contribution >= 0.6 is 0 Å². The van der Waals surface area contributed by atoms with Crippen molar-refractivity contribution in [3.8, 4) is 5.75 Å². The van der Waals surface area contributed by atoms with E-state index in [0.29, 0.717) is 0 Å². The number of nitrogens with one attached hydrogen (secondary N) is 1. The molecule has 86 valence electrons. The zero-order valence-electron chi connectivity index (χ0n) is 9.96. The van der Waals surface area contributed by atoms with E-state index in [4.69, 9.17) is 4.74 Å². The predicted molar refractivity (Wildman–Crippen MR) is 63.8 cm³/mol. The molecule has 0 atom stereocenters. The van der Waals surface area contributed by atoms with Gasteiger partial charge in [-0.3, -0.25) is 4.79 Å². The van der Waals surface area contributed by atoms with E-state index in [1.165, 1.54) is 0 Å². The van der Waals surface area contributed by atoms with Crippen LogP contribution in [0.1, 0.15) is 24.0 Å². The molecule has 1 amide bonds. The van der Waals surface area contributed by atoms with Crippen LogP contribution in [0, 0.1) is 19.8 Å². The third-order valence-electron chi connectivity index (χ3n) is 3.01. The predicted octanol–water partition coefficient (Wildman–Crippen LogP) is 2.66. The van der Waals surface area contributed by atoms with Crippen LogP contribution in [0.15, 0.2) is 12.1 Å². The van der Waals surface area contributed by atoms with Gasteiger partial charge in [0.15, 0.2) is 0 Å². The van der Waals surface area contributed by atoms with Gasteiger partial charge in [0.25, 0.3) is 0 Å². The van der Waals surface area contributed by atoms with Crippen molar-refractivity contribution in [1.82, 2.24) is 0 Å². The fourth-order valence-corrected chi connectivity index (χ4v) is 1.86. The molecule has 1 saturated carbocycles. The lowest BCUT2D eigenvalue weighted by molar-refractivity contribution is -0.117. The highest BCUT2D eigenvalue weighted by Gasteiger charge is 2.29. The summed E-state index contributed by atoms with van der Waals surface area (Å²) in [6.45, 7) is 3.96. The van der Waals surface area contributed by atoms with Gasteiger partial charge < -0.3 is 10.1 Å². The lowest BCUT2D eigenvalue weighted by Crippen LogP contribution is -2.14. The summed E-state index contributed by atoms with van der Waals surface area (Å²) in [5.41, 5.74) is 2.94. The van der Waals surface area contributed by atoms with Gasteiger partial charge in [-0.1, -0.05) is 6.07 Å². The first-order valence-corrected chi connectivity index (χ1v) is 5.58. The molecule has 0 radical (unpaired) electrons. The van der Waals surface area contributed by atoms with Crippen LogP contribution in [-0.4, -0.2) is 13.0 Å². The summed E-state index contributed by atoms with van der Waals surface area (Å²) in [6, 6.07) is 3.90. The van der Waals surface area contributed by atoms with Crippen molar-refractivity contribution in [2.24, 2.45) is 5.92 Å². The fraction of sp³-hybridized carbons (Fsp3) is 0.462. The number of anilines is 1. The third kappa shape index (κ3) is 2.03. The molecular weight excluding hydrogens is 202 g/mol. The van der Waals surface area contributed by atoms with Crippen LogP contribution in [0.4, 0.5) is 5.69 Å². The number of benzene rings is 1. The third-order valence-corrected chi connectivity index (χ3v) is 3.01. The molecule has 0 heterocycles. The van der Waals surface area contributed by atoms with E-state index in [1.54, 1.807) is 7.11 Å². The summed E-state index contributed by atoms with van der Waals surface area (Å²) in [5, 5.41) is 2.96. The Bertz CT molecular complexity index is 422. The molecular formula is C13H17NO2. The van der Waals surface area contributed by atoms with Crippen molar-refractivity contribution in [2.45, 2.75) is 26.7 Å². The number of hydrogen-bond donors (Lipinski definition) is 1. The normalized spacial score (nSPS) is 14.7. The number of ether oxygens (including phenoxy) is 1. The summed E-state index contributed by atoms with van der Waals surface area (Å²) in [4.78, 5) is 11.7. The van der Waals surface area contributed by atoms with Crippen molar-refractivity contribution >= 4 is 11.6 Å². The second-order valence-electron chi connectivity index (χ2n) is 4.35. The Labute approximate surface area is 95.8 Å². The first kappa shape index (κ1) is 11.0. The molecule has 3 heteroatoms. The second-order valence-corrected chi connectivity index (χ2v) is 4.35. The molecule has 1 aromatic rings. The maximum Gasteiger partial charge on any atom is 0.227 e. The Morgan fingerprint density at radius 2 is 2.06 bits per heavy atom. The van der Waals surface area contributed by atoms with E-state index < -0.39 is 0 Å².